The van der Waals surface area contributed by atoms with Crippen LogP contribution in [-0.2, 0) is 4.79 Å². The number of rotatable bonds is 4. The fourth-order valence-corrected chi connectivity index (χ4v) is 3.32. The average Bonchev–Trinajstić information content (AvgIpc) is 3.27. The lowest BCUT2D eigenvalue weighted by atomic mass is 10.1. The van der Waals surface area contributed by atoms with E-state index in [1.54, 1.807) is 42.5 Å². The van der Waals surface area contributed by atoms with Gasteiger partial charge in [0, 0.05) is 16.7 Å². The molecule has 1 aromatic heterocycles. The molecule has 0 unspecified atom stereocenters. The zero-order chi connectivity index (χ0) is 21.4. The second kappa shape index (κ2) is 7.70. The molecule has 4 rings (SSSR count). The van der Waals surface area contributed by atoms with Gasteiger partial charge in [0.25, 0.3) is 5.91 Å². The molecule has 1 aliphatic rings. The highest BCUT2D eigenvalue weighted by molar-refractivity contribution is 6.33. The summed E-state index contributed by atoms with van der Waals surface area (Å²) in [7, 11) is 0. The molecular weight excluding hydrogens is 431 g/mol. The quantitative estimate of drug-likeness (QED) is 0.434. The highest BCUT2D eigenvalue weighted by atomic mass is 35.5. The van der Waals surface area contributed by atoms with Gasteiger partial charge in [0.1, 0.15) is 17.2 Å². The molecule has 9 heteroatoms. The van der Waals surface area contributed by atoms with Crippen molar-refractivity contribution < 1.29 is 23.9 Å². The number of aromatic carboxylic acids is 1. The van der Waals surface area contributed by atoms with E-state index in [4.69, 9.17) is 32.7 Å². The third-order valence-corrected chi connectivity index (χ3v) is 4.93. The number of carboxylic acids is 1. The molecule has 1 fully saturated rings. The van der Waals surface area contributed by atoms with E-state index in [0.29, 0.717) is 27.8 Å². The van der Waals surface area contributed by atoms with E-state index in [9.17, 15) is 14.4 Å². The molecule has 0 radical (unpaired) electrons. The fourth-order valence-electron chi connectivity index (χ4n) is 2.93. The number of nitrogens with zero attached hydrogens (tertiary/aromatic N) is 1. The minimum atomic E-state index is -1.13. The summed E-state index contributed by atoms with van der Waals surface area (Å²) in [6, 6.07) is 13.4. The summed E-state index contributed by atoms with van der Waals surface area (Å²) >= 11 is 11.8. The number of hydrogen-bond acceptors (Lipinski definition) is 4. The Kier molecular flexibility index (Phi) is 5.07. The van der Waals surface area contributed by atoms with Gasteiger partial charge in [-0.15, -0.1) is 0 Å². The van der Waals surface area contributed by atoms with Crippen molar-refractivity contribution in [2.75, 3.05) is 4.90 Å². The third kappa shape index (κ3) is 3.68. The maximum Gasteiger partial charge on any atom is 0.337 e. The molecule has 1 aliphatic heterocycles. The number of carbonyl (C=O) groups is 3. The number of carbonyl (C=O) groups excluding carboxylic acids is 2. The maximum atomic E-state index is 12.7. The molecular formula is C21H12Cl2N2O5. The molecule has 0 bridgehead atoms. The Balaban J connectivity index is 1.59. The number of amides is 3. The second-order valence-electron chi connectivity index (χ2n) is 6.31. The third-order valence-electron chi connectivity index (χ3n) is 4.36. The molecule has 2 heterocycles. The lowest BCUT2D eigenvalue weighted by Gasteiger charge is -2.11. The molecule has 0 saturated carbocycles. The Morgan fingerprint density at radius 1 is 1.03 bits per heavy atom. The van der Waals surface area contributed by atoms with Gasteiger partial charge in [-0.1, -0.05) is 29.3 Å². The minimum Gasteiger partial charge on any atom is -0.478 e. The largest absolute Gasteiger partial charge is 0.478 e. The summed E-state index contributed by atoms with van der Waals surface area (Å²) in [5.74, 6) is -0.914. The standard InChI is InChI=1S/C21H12Cl2N2O5/c22-12-2-4-13(5-3-12)25-19(26)17(24-21(25)29)10-14-6-8-18(30-14)11-1-7-15(20(27)28)16(23)9-11/h1-10H,(H,24,29)(H,27,28)/b17-10+. The molecule has 3 amide bonds. The van der Waals surface area contributed by atoms with Gasteiger partial charge >= 0.3 is 12.0 Å². The van der Waals surface area contributed by atoms with Crippen LogP contribution in [0.5, 0.6) is 0 Å². The topological polar surface area (TPSA) is 99.9 Å². The van der Waals surface area contributed by atoms with E-state index in [-0.39, 0.29) is 16.3 Å². The van der Waals surface area contributed by atoms with Gasteiger partial charge in [-0.05, 0) is 48.5 Å². The Morgan fingerprint density at radius 3 is 2.43 bits per heavy atom. The lowest BCUT2D eigenvalue weighted by molar-refractivity contribution is -0.113. The van der Waals surface area contributed by atoms with Gasteiger partial charge in [-0.2, -0.15) is 0 Å². The van der Waals surface area contributed by atoms with E-state index >= 15 is 0 Å². The SMILES string of the molecule is O=C(O)c1ccc(-c2ccc(/C=C3/NC(=O)N(c4ccc(Cl)cc4)C3=O)o2)cc1Cl. The van der Waals surface area contributed by atoms with Crippen LogP contribution in [0.25, 0.3) is 17.4 Å². The van der Waals surface area contributed by atoms with Crippen LogP contribution in [0.4, 0.5) is 10.5 Å². The molecule has 30 heavy (non-hydrogen) atoms. The Labute approximate surface area is 180 Å². The zero-order valence-corrected chi connectivity index (χ0v) is 16.6. The van der Waals surface area contributed by atoms with Crippen molar-refractivity contribution in [2.45, 2.75) is 0 Å². The molecule has 150 valence electrons. The van der Waals surface area contributed by atoms with E-state index in [2.05, 4.69) is 5.32 Å². The molecule has 7 nitrogen and oxygen atoms in total. The van der Waals surface area contributed by atoms with Gasteiger partial charge in [-0.3, -0.25) is 4.79 Å². The van der Waals surface area contributed by atoms with Gasteiger partial charge < -0.3 is 14.8 Å². The van der Waals surface area contributed by atoms with Crippen LogP contribution in [0.1, 0.15) is 16.1 Å². The number of halogens is 2. The van der Waals surface area contributed by atoms with Gasteiger partial charge in [-0.25, -0.2) is 14.5 Å². The lowest BCUT2D eigenvalue weighted by Crippen LogP contribution is -2.30. The number of nitrogens with one attached hydrogen (secondary N) is 1. The summed E-state index contributed by atoms with van der Waals surface area (Å²) in [5, 5.41) is 12.1. The van der Waals surface area contributed by atoms with Crippen molar-refractivity contribution in [3.63, 3.8) is 0 Å². The van der Waals surface area contributed by atoms with Crippen LogP contribution in [0.2, 0.25) is 10.0 Å². The van der Waals surface area contributed by atoms with E-state index in [0.717, 1.165) is 4.90 Å². The van der Waals surface area contributed by atoms with Crippen LogP contribution in [0.15, 0.2) is 64.7 Å². The smallest absolute Gasteiger partial charge is 0.337 e. The van der Waals surface area contributed by atoms with E-state index < -0.39 is 17.9 Å². The molecule has 1 saturated heterocycles. The summed E-state index contributed by atoms with van der Waals surface area (Å²) in [6.45, 7) is 0. The maximum absolute atomic E-state index is 12.7. The van der Waals surface area contributed by atoms with Crippen molar-refractivity contribution >= 4 is 52.9 Å². The fraction of sp³-hybridized carbons (Fsp3) is 0. The first-order chi connectivity index (χ1) is 14.3. The Bertz CT molecular complexity index is 1210. The number of imide groups is 1. The van der Waals surface area contributed by atoms with Crippen LogP contribution in [-0.4, -0.2) is 23.0 Å². The van der Waals surface area contributed by atoms with E-state index in [1.807, 2.05) is 0 Å². The predicted molar refractivity (Wildman–Crippen MR) is 112 cm³/mol. The number of hydrogen-bond donors (Lipinski definition) is 2. The molecule has 2 N–H and O–H groups in total. The monoisotopic (exact) mass is 442 g/mol. The van der Waals surface area contributed by atoms with Crippen LogP contribution < -0.4 is 10.2 Å². The summed E-state index contributed by atoms with van der Waals surface area (Å²) in [4.78, 5) is 37.0. The normalized spacial score (nSPS) is 15.0. The number of urea groups is 1. The van der Waals surface area contributed by atoms with Crippen molar-refractivity contribution in [3.8, 4) is 11.3 Å². The summed E-state index contributed by atoms with van der Waals surface area (Å²) in [5.41, 5.74) is 0.990. The molecule has 0 atom stereocenters. The van der Waals surface area contributed by atoms with Crippen LogP contribution >= 0.6 is 23.2 Å². The molecule has 2 aromatic carbocycles. The predicted octanol–water partition coefficient (Wildman–Crippen LogP) is 5.05. The van der Waals surface area contributed by atoms with Crippen LogP contribution in [0.3, 0.4) is 0 Å². The van der Waals surface area contributed by atoms with E-state index in [1.165, 1.54) is 18.2 Å². The number of benzene rings is 2. The molecule has 0 spiro atoms. The number of carboxylic acid groups (broad SMARTS) is 1. The first kappa shape index (κ1) is 19.8. The number of anilines is 1. The summed E-state index contributed by atoms with van der Waals surface area (Å²) in [6.07, 6.45) is 1.41. The molecule has 0 aliphatic carbocycles. The van der Waals surface area contributed by atoms with Gasteiger partial charge in [0.15, 0.2) is 0 Å². The minimum absolute atomic E-state index is 0.0177. The molecule has 3 aromatic rings. The van der Waals surface area contributed by atoms with Crippen molar-refractivity contribution in [3.05, 3.63) is 81.7 Å². The first-order valence-electron chi connectivity index (χ1n) is 8.59. The highest BCUT2D eigenvalue weighted by Crippen LogP contribution is 2.29. The summed E-state index contributed by atoms with van der Waals surface area (Å²) < 4.78 is 5.71. The highest BCUT2D eigenvalue weighted by Gasteiger charge is 2.35. The first-order valence-corrected chi connectivity index (χ1v) is 9.35. The number of furan rings is 1. The van der Waals surface area contributed by atoms with Crippen molar-refractivity contribution in [1.82, 2.24) is 5.32 Å². The van der Waals surface area contributed by atoms with Crippen molar-refractivity contribution in [1.29, 1.82) is 0 Å². The Morgan fingerprint density at radius 2 is 1.77 bits per heavy atom. The van der Waals surface area contributed by atoms with Crippen molar-refractivity contribution in [2.24, 2.45) is 0 Å². The Hall–Kier alpha value is -3.55. The second-order valence-corrected chi connectivity index (χ2v) is 7.15. The van der Waals surface area contributed by atoms with Gasteiger partial charge in [0.05, 0.1) is 16.3 Å². The van der Waals surface area contributed by atoms with Crippen LogP contribution in [0, 0.1) is 0 Å². The van der Waals surface area contributed by atoms with Gasteiger partial charge in [0.2, 0.25) is 0 Å². The average molecular weight is 443 g/mol. The zero-order valence-electron chi connectivity index (χ0n) is 15.1.